The number of morpholine rings is 1. The maximum absolute atomic E-state index is 13.9. The number of ketones is 1. The van der Waals surface area contributed by atoms with E-state index in [1.165, 1.54) is 13.8 Å². The van der Waals surface area contributed by atoms with E-state index < -0.39 is 46.8 Å². The number of Topliss-reactive ketones (excluding diaryl/α,β-unsaturated/α-hetero) is 1. The Kier molecular flexibility index (Phi) is 20.6. The molecule has 0 aromatic heterocycles. The summed E-state index contributed by atoms with van der Waals surface area (Å²) in [5.41, 5.74) is 0.907. The number of methoxy groups -OCH3 is 1. The summed E-state index contributed by atoms with van der Waals surface area (Å²) in [4.78, 5) is 65.5. The van der Waals surface area contributed by atoms with Crippen LogP contribution in [0.2, 0.25) is 0 Å². The number of aryl methyl sites for hydroxylation is 1. The van der Waals surface area contributed by atoms with Crippen molar-refractivity contribution in [2.75, 3.05) is 33.5 Å². The van der Waals surface area contributed by atoms with Gasteiger partial charge in [-0.15, -0.1) is 12.1 Å². The fourth-order valence-electron chi connectivity index (χ4n) is 5.32. The minimum atomic E-state index is -1.36. The SMILES string of the molecule is C=CC(=O)OCC(C)(C)C(=O)C(=O)N1CCOC[C@H]1C(=O)O[C@H](CCc1c[c-]c(OC)cc1)c1cccc(/C=C/CC(=N)CCC(=O)OC(C)(C)C)c1.[CH3-].[U+2]. The normalized spacial score (nSPS) is 14.7. The molecule has 12 nitrogen and oxygen atoms in total. The summed E-state index contributed by atoms with van der Waals surface area (Å²) >= 11 is 0. The predicted octanol–water partition coefficient (Wildman–Crippen LogP) is 6.26. The third-order valence-electron chi connectivity index (χ3n) is 8.24. The predicted molar refractivity (Wildman–Crippen MR) is 205 cm³/mol. The van der Waals surface area contributed by atoms with Gasteiger partial charge in [0.25, 0.3) is 5.91 Å². The molecule has 2 aromatic rings. The van der Waals surface area contributed by atoms with Crippen LogP contribution in [0.3, 0.4) is 0 Å². The molecule has 1 aliphatic rings. The molecule has 55 heavy (non-hydrogen) atoms. The van der Waals surface area contributed by atoms with E-state index in [9.17, 15) is 24.0 Å². The first kappa shape index (κ1) is 49.0. The molecule has 1 fully saturated rings. The van der Waals surface area contributed by atoms with E-state index in [1.807, 2.05) is 48.6 Å². The first-order valence-electron chi connectivity index (χ1n) is 17.5. The van der Waals surface area contributed by atoms with Crippen molar-refractivity contribution in [3.63, 3.8) is 0 Å². The minimum absolute atomic E-state index is 0. The van der Waals surface area contributed by atoms with Crippen LogP contribution < -0.4 is 4.74 Å². The molecule has 2 aromatic carbocycles. The van der Waals surface area contributed by atoms with Gasteiger partial charge < -0.3 is 41.4 Å². The number of rotatable bonds is 18. The molecule has 3 rings (SSSR count). The van der Waals surface area contributed by atoms with Crippen LogP contribution in [0.25, 0.3) is 6.08 Å². The molecule has 1 amide bonds. The number of carbonyl (C=O) groups excluding carboxylic acids is 5. The van der Waals surface area contributed by atoms with Crippen LogP contribution >= 0.6 is 0 Å². The van der Waals surface area contributed by atoms with E-state index in [4.69, 9.17) is 29.1 Å². The van der Waals surface area contributed by atoms with Gasteiger partial charge in [0.05, 0.1) is 32.2 Å². The van der Waals surface area contributed by atoms with E-state index in [0.717, 1.165) is 22.1 Å². The van der Waals surface area contributed by atoms with Crippen LogP contribution in [-0.4, -0.2) is 85.3 Å². The third-order valence-corrected chi connectivity index (χ3v) is 8.24. The maximum atomic E-state index is 13.9. The molecule has 13 heteroatoms. The van der Waals surface area contributed by atoms with Crippen molar-refractivity contribution >= 4 is 41.4 Å². The van der Waals surface area contributed by atoms with Gasteiger partial charge in [0.2, 0.25) is 5.78 Å². The summed E-state index contributed by atoms with van der Waals surface area (Å²) in [7, 11) is 1.56. The van der Waals surface area contributed by atoms with Crippen LogP contribution in [-0.2, 0) is 49.3 Å². The van der Waals surface area contributed by atoms with E-state index in [2.05, 4.69) is 12.6 Å². The van der Waals surface area contributed by atoms with Crippen LogP contribution in [0.1, 0.15) is 83.1 Å². The summed E-state index contributed by atoms with van der Waals surface area (Å²) in [6, 6.07) is 14.8. The fraction of sp³-hybridized carbons (Fsp3) is 0.452. The molecule has 1 aliphatic heterocycles. The smallest absolute Gasteiger partial charge is 0.523 e. The minimum Gasteiger partial charge on any atom is -0.523 e. The van der Waals surface area contributed by atoms with E-state index in [-0.39, 0.29) is 83.7 Å². The van der Waals surface area contributed by atoms with Gasteiger partial charge in [0.1, 0.15) is 18.3 Å². The van der Waals surface area contributed by atoms with Gasteiger partial charge in [-0.25, -0.2) is 9.59 Å². The third kappa shape index (κ3) is 16.3. The number of benzene rings is 2. The Labute approximate surface area is 349 Å². The molecule has 296 valence electrons. The van der Waals surface area contributed by atoms with E-state index in [1.54, 1.807) is 33.9 Å². The van der Waals surface area contributed by atoms with E-state index in [0.29, 0.717) is 36.3 Å². The summed E-state index contributed by atoms with van der Waals surface area (Å²) in [5.74, 6) is -2.93. The maximum Gasteiger partial charge on any atom is 2.00 e. The van der Waals surface area contributed by atoms with Crippen molar-refractivity contribution < 1.29 is 78.8 Å². The summed E-state index contributed by atoms with van der Waals surface area (Å²) in [5, 5.41) is 8.27. The second-order valence-electron chi connectivity index (χ2n) is 14.3. The number of allylic oxidation sites excluding steroid dienone is 1. The average Bonchev–Trinajstić information content (AvgIpc) is 3.13. The molecule has 0 unspecified atom stereocenters. The van der Waals surface area contributed by atoms with Crippen molar-refractivity contribution in [3.05, 3.63) is 91.4 Å². The van der Waals surface area contributed by atoms with Crippen molar-refractivity contribution in [2.24, 2.45) is 5.41 Å². The monoisotopic (exact) mass is 984 g/mol. The number of amides is 1. The van der Waals surface area contributed by atoms with Gasteiger partial charge in [0, 0.05) is 30.5 Å². The zero-order valence-electron chi connectivity index (χ0n) is 33.0. The van der Waals surface area contributed by atoms with Gasteiger partial charge in [-0.05, 0) is 64.7 Å². The fourth-order valence-corrected chi connectivity index (χ4v) is 5.32. The van der Waals surface area contributed by atoms with Crippen LogP contribution in [0, 0.1) is 55.4 Å². The molecule has 1 heterocycles. The Bertz CT molecular complexity index is 1660. The van der Waals surface area contributed by atoms with Gasteiger partial charge in [-0.2, -0.15) is 17.7 Å². The second-order valence-corrected chi connectivity index (χ2v) is 14.3. The van der Waals surface area contributed by atoms with Crippen molar-refractivity contribution in [3.8, 4) is 5.75 Å². The van der Waals surface area contributed by atoms with Crippen molar-refractivity contribution in [1.29, 1.82) is 5.41 Å². The van der Waals surface area contributed by atoms with Crippen molar-refractivity contribution in [1.82, 2.24) is 4.90 Å². The topological polar surface area (TPSA) is 159 Å². The van der Waals surface area contributed by atoms with Gasteiger partial charge in [-0.1, -0.05) is 43.4 Å². The van der Waals surface area contributed by atoms with Gasteiger partial charge >= 0.3 is 49.0 Å². The first-order valence-corrected chi connectivity index (χ1v) is 17.5. The van der Waals surface area contributed by atoms with Gasteiger partial charge in [-0.3, -0.25) is 14.4 Å². The molecule has 0 aliphatic carbocycles. The number of esters is 3. The molecule has 0 spiro atoms. The Balaban J connectivity index is 0.00000756. The molecule has 1 saturated heterocycles. The molecular formula is C42H54N2O10U. The molecular weight excluding hydrogens is 930 g/mol. The number of nitrogens with zero attached hydrogens (tertiary/aromatic N) is 1. The molecule has 2 atom stereocenters. The number of ether oxygens (including phenoxy) is 5. The van der Waals surface area contributed by atoms with Crippen LogP contribution in [0.15, 0.2) is 61.2 Å². The zero-order chi connectivity index (χ0) is 39.2. The Morgan fingerprint density at radius 2 is 1.82 bits per heavy atom. The molecule has 1 N–H and O–H groups in total. The van der Waals surface area contributed by atoms with E-state index >= 15 is 0 Å². The summed E-state index contributed by atoms with van der Waals surface area (Å²) in [6.45, 7) is 11.3. The van der Waals surface area contributed by atoms with Crippen LogP contribution in [0.5, 0.6) is 5.75 Å². The van der Waals surface area contributed by atoms with Gasteiger partial charge in [0.15, 0.2) is 6.04 Å². The number of carbonyl (C=O) groups is 5. The largest absolute Gasteiger partial charge is 2.00 e. The Morgan fingerprint density at radius 1 is 1.09 bits per heavy atom. The average molecular weight is 985 g/mol. The number of hydrogen-bond donors (Lipinski definition) is 1. The molecule has 0 saturated carbocycles. The van der Waals surface area contributed by atoms with Crippen molar-refractivity contribution in [2.45, 2.75) is 84.5 Å². The number of nitrogens with one attached hydrogen (secondary N) is 1. The molecule has 0 bridgehead atoms. The quantitative estimate of drug-likeness (QED) is 0.0452. The Hall–Kier alpha value is -4.05. The summed E-state index contributed by atoms with van der Waals surface area (Å²) < 4.78 is 27.3. The first-order chi connectivity index (χ1) is 25.0. The summed E-state index contributed by atoms with van der Waals surface area (Å²) in [6.07, 6.45) is 5.59. The molecule has 0 radical (unpaired) electrons. The van der Waals surface area contributed by atoms with Crippen LogP contribution in [0.4, 0.5) is 0 Å². The second kappa shape index (κ2) is 23.1. The zero-order valence-corrected chi connectivity index (χ0v) is 37.2. The number of hydrogen-bond acceptors (Lipinski definition) is 11. The standard InChI is InChI=1S/C41H51N2O10.CH3.U/c1-8-35(44)51-27-41(5,6)37(46)38(47)43-23-24-50-26-33(43)39(48)52-34(21-17-28-15-19-32(49-7)20-16-28)30-13-9-11-29(25-30)12-10-14-31(42)18-22-36(45)53-40(2,3)4;;/h8-13,15-16,19,25,33-34,42H,1,14,17-18,21-24,26-27H2,2-7H3;1H3;/q2*-1;+2/b12-10+,42-31?;;/t33-,34+;;/m0../s1. The Morgan fingerprint density at radius 3 is 2.45 bits per heavy atom.